The average molecular weight is 238 g/mol. The maximum absolute atomic E-state index is 12.3. The molecule has 1 aromatic heterocycles. The van der Waals surface area contributed by atoms with Gasteiger partial charge in [-0.05, 0) is 32.6 Å². The van der Waals surface area contributed by atoms with Gasteiger partial charge in [0.1, 0.15) is 11.3 Å². The first-order chi connectivity index (χ1) is 8.13. The molecule has 0 spiro atoms. The zero-order chi connectivity index (χ0) is 12.4. The Morgan fingerprint density at radius 3 is 2.59 bits per heavy atom. The molecule has 5 nitrogen and oxygen atoms in total. The Balaban J connectivity index is 2.07. The van der Waals surface area contributed by atoms with Crippen LogP contribution in [0, 0.1) is 19.8 Å². The third-order valence-corrected chi connectivity index (χ3v) is 3.41. The average Bonchev–Trinajstić information content (AvgIpc) is 2.68. The molecular weight excluding hydrogens is 220 g/mol. The number of hydrogen-bond donors (Lipinski definition) is 1. The molecule has 1 aromatic rings. The Bertz CT molecular complexity index is 386. The maximum Gasteiger partial charge on any atom is 0.259 e. The number of nitrogens with zero attached hydrogens (tertiary/aromatic N) is 2. The third kappa shape index (κ3) is 2.34. The van der Waals surface area contributed by atoms with E-state index >= 15 is 0 Å². The molecule has 2 rings (SSSR count). The van der Waals surface area contributed by atoms with E-state index in [-0.39, 0.29) is 12.5 Å². The molecule has 5 heteroatoms. The Hall–Kier alpha value is -1.36. The Kier molecular flexibility index (Phi) is 3.47. The van der Waals surface area contributed by atoms with E-state index in [2.05, 4.69) is 5.16 Å². The summed E-state index contributed by atoms with van der Waals surface area (Å²) in [5.41, 5.74) is 1.24. The first-order valence-corrected chi connectivity index (χ1v) is 5.96. The van der Waals surface area contributed by atoms with Crippen molar-refractivity contribution in [2.24, 2.45) is 5.92 Å². The second kappa shape index (κ2) is 4.87. The summed E-state index contributed by atoms with van der Waals surface area (Å²) in [6.07, 6.45) is 1.73. The number of likely N-dealkylation sites (tertiary alicyclic amines) is 1. The fourth-order valence-electron chi connectivity index (χ4n) is 2.27. The van der Waals surface area contributed by atoms with Crippen molar-refractivity contribution in [3.63, 3.8) is 0 Å². The first kappa shape index (κ1) is 12.1. The van der Waals surface area contributed by atoms with Crippen LogP contribution in [0.5, 0.6) is 0 Å². The standard InChI is InChI=1S/C12H18N2O3/c1-8-11(9(2)17-13-8)12(16)14-5-3-10(7-15)4-6-14/h10,15H,3-7H2,1-2H3. The molecule has 2 heterocycles. The molecule has 0 aliphatic carbocycles. The number of aromatic nitrogens is 1. The van der Waals surface area contributed by atoms with Gasteiger partial charge in [0.15, 0.2) is 0 Å². The minimum atomic E-state index is -0.00219. The van der Waals surface area contributed by atoms with E-state index in [1.165, 1.54) is 0 Å². The lowest BCUT2D eigenvalue weighted by molar-refractivity contribution is 0.0648. The van der Waals surface area contributed by atoms with Crippen LogP contribution in [0.25, 0.3) is 0 Å². The van der Waals surface area contributed by atoms with Crippen LogP contribution in [-0.2, 0) is 0 Å². The molecule has 1 saturated heterocycles. The van der Waals surface area contributed by atoms with Crippen LogP contribution in [-0.4, -0.2) is 40.8 Å². The van der Waals surface area contributed by atoms with E-state index in [1.807, 2.05) is 4.90 Å². The Morgan fingerprint density at radius 1 is 1.47 bits per heavy atom. The second-order valence-corrected chi connectivity index (χ2v) is 4.62. The normalized spacial score (nSPS) is 17.5. The first-order valence-electron chi connectivity index (χ1n) is 5.96. The minimum Gasteiger partial charge on any atom is -0.396 e. The summed E-state index contributed by atoms with van der Waals surface area (Å²) in [5, 5.41) is 12.9. The molecule has 1 fully saturated rings. The van der Waals surface area contributed by atoms with Gasteiger partial charge in [0.05, 0.1) is 5.69 Å². The van der Waals surface area contributed by atoms with Crippen molar-refractivity contribution in [2.45, 2.75) is 26.7 Å². The van der Waals surface area contributed by atoms with Gasteiger partial charge in [0.2, 0.25) is 0 Å². The van der Waals surface area contributed by atoms with Crippen molar-refractivity contribution in [1.82, 2.24) is 10.1 Å². The highest BCUT2D eigenvalue weighted by Gasteiger charge is 2.27. The molecule has 0 bridgehead atoms. The monoisotopic (exact) mass is 238 g/mol. The quantitative estimate of drug-likeness (QED) is 0.839. The largest absolute Gasteiger partial charge is 0.396 e. The van der Waals surface area contributed by atoms with Crippen LogP contribution in [0.4, 0.5) is 0 Å². The molecule has 0 unspecified atom stereocenters. The van der Waals surface area contributed by atoms with Crippen LogP contribution in [0.15, 0.2) is 4.52 Å². The fraction of sp³-hybridized carbons (Fsp3) is 0.667. The lowest BCUT2D eigenvalue weighted by Crippen LogP contribution is -2.39. The number of rotatable bonds is 2. The number of carbonyl (C=O) groups is 1. The van der Waals surface area contributed by atoms with Crippen LogP contribution < -0.4 is 0 Å². The zero-order valence-electron chi connectivity index (χ0n) is 10.3. The smallest absolute Gasteiger partial charge is 0.259 e. The molecule has 0 aromatic carbocycles. The van der Waals surface area contributed by atoms with Crippen molar-refractivity contribution in [3.05, 3.63) is 17.0 Å². The van der Waals surface area contributed by atoms with Gasteiger partial charge in [-0.3, -0.25) is 4.79 Å². The van der Waals surface area contributed by atoms with Crippen LogP contribution in [0.2, 0.25) is 0 Å². The van der Waals surface area contributed by atoms with Gasteiger partial charge in [-0.2, -0.15) is 0 Å². The number of carbonyl (C=O) groups excluding carboxylic acids is 1. The van der Waals surface area contributed by atoms with Gasteiger partial charge in [0, 0.05) is 19.7 Å². The molecular formula is C12H18N2O3. The highest BCUT2D eigenvalue weighted by Crippen LogP contribution is 2.21. The highest BCUT2D eigenvalue weighted by molar-refractivity contribution is 5.96. The predicted molar refractivity (Wildman–Crippen MR) is 61.7 cm³/mol. The van der Waals surface area contributed by atoms with E-state index in [0.717, 1.165) is 12.8 Å². The molecule has 94 valence electrons. The van der Waals surface area contributed by atoms with Gasteiger partial charge in [0.25, 0.3) is 5.91 Å². The van der Waals surface area contributed by atoms with Crippen molar-refractivity contribution in [2.75, 3.05) is 19.7 Å². The summed E-state index contributed by atoms with van der Waals surface area (Å²) in [6, 6.07) is 0. The SMILES string of the molecule is Cc1noc(C)c1C(=O)N1CCC(CO)CC1. The van der Waals surface area contributed by atoms with E-state index in [0.29, 0.717) is 36.0 Å². The van der Waals surface area contributed by atoms with E-state index < -0.39 is 0 Å². The van der Waals surface area contributed by atoms with Crippen LogP contribution in [0.3, 0.4) is 0 Å². The van der Waals surface area contributed by atoms with Crippen molar-refractivity contribution < 1.29 is 14.4 Å². The number of aliphatic hydroxyl groups excluding tert-OH is 1. The number of piperidine rings is 1. The number of amides is 1. The van der Waals surface area contributed by atoms with Gasteiger partial charge in [-0.25, -0.2) is 0 Å². The summed E-state index contributed by atoms with van der Waals surface area (Å²) < 4.78 is 5.01. The summed E-state index contributed by atoms with van der Waals surface area (Å²) in [5.74, 6) is 0.915. The van der Waals surface area contributed by atoms with Crippen molar-refractivity contribution >= 4 is 5.91 Å². The summed E-state index contributed by atoms with van der Waals surface area (Å²) in [7, 11) is 0. The number of hydrogen-bond acceptors (Lipinski definition) is 4. The maximum atomic E-state index is 12.3. The van der Waals surface area contributed by atoms with E-state index in [4.69, 9.17) is 9.63 Å². The zero-order valence-corrected chi connectivity index (χ0v) is 10.3. The highest BCUT2D eigenvalue weighted by atomic mass is 16.5. The van der Waals surface area contributed by atoms with Gasteiger partial charge in [-0.1, -0.05) is 5.16 Å². The van der Waals surface area contributed by atoms with Gasteiger partial charge >= 0.3 is 0 Å². The molecule has 0 radical (unpaired) electrons. The molecule has 1 aliphatic rings. The second-order valence-electron chi connectivity index (χ2n) is 4.62. The molecule has 1 N–H and O–H groups in total. The molecule has 0 atom stereocenters. The number of aryl methyl sites for hydroxylation is 2. The lowest BCUT2D eigenvalue weighted by atomic mass is 9.97. The van der Waals surface area contributed by atoms with Gasteiger partial charge < -0.3 is 14.5 Å². The summed E-state index contributed by atoms with van der Waals surface area (Å²) in [6.45, 7) is 5.16. The minimum absolute atomic E-state index is 0.00219. The van der Waals surface area contributed by atoms with Crippen LogP contribution >= 0.6 is 0 Å². The molecule has 1 aliphatic heterocycles. The van der Waals surface area contributed by atoms with Crippen molar-refractivity contribution in [3.8, 4) is 0 Å². The van der Waals surface area contributed by atoms with Gasteiger partial charge in [-0.15, -0.1) is 0 Å². The predicted octanol–water partition coefficient (Wildman–Crippen LogP) is 1.14. The Morgan fingerprint density at radius 2 is 2.12 bits per heavy atom. The van der Waals surface area contributed by atoms with E-state index in [9.17, 15) is 4.79 Å². The fourth-order valence-corrected chi connectivity index (χ4v) is 2.27. The van der Waals surface area contributed by atoms with Crippen LogP contribution in [0.1, 0.15) is 34.7 Å². The molecule has 1 amide bonds. The Labute approximate surface area is 100 Å². The molecule has 17 heavy (non-hydrogen) atoms. The lowest BCUT2D eigenvalue weighted by Gasteiger charge is -2.31. The summed E-state index contributed by atoms with van der Waals surface area (Å²) >= 11 is 0. The number of aliphatic hydroxyl groups is 1. The third-order valence-electron chi connectivity index (χ3n) is 3.41. The van der Waals surface area contributed by atoms with Crippen molar-refractivity contribution in [1.29, 1.82) is 0 Å². The topological polar surface area (TPSA) is 66.6 Å². The summed E-state index contributed by atoms with van der Waals surface area (Å²) in [4.78, 5) is 14.1. The molecule has 0 saturated carbocycles. The van der Waals surface area contributed by atoms with E-state index in [1.54, 1.807) is 13.8 Å².